The summed E-state index contributed by atoms with van der Waals surface area (Å²) in [7, 11) is 0. The maximum atomic E-state index is 12.3. The van der Waals surface area contributed by atoms with Crippen LogP contribution in [0.1, 0.15) is 5.56 Å². The van der Waals surface area contributed by atoms with E-state index in [1.165, 1.54) is 0 Å². The Labute approximate surface area is 143 Å². The van der Waals surface area contributed by atoms with Crippen molar-refractivity contribution < 1.29 is 9.21 Å². The first-order valence-electron chi connectivity index (χ1n) is 7.84. The van der Waals surface area contributed by atoms with Crippen molar-refractivity contribution in [2.75, 3.05) is 0 Å². The van der Waals surface area contributed by atoms with Gasteiger partial charge in [-0.25, -0.2) is 4.68 Å². The molecule has 0 saturated carbocycles. The quantitative estimate of drug-likeness (QED) is 0.606. The van der Waals surface area contributed by atoms with Crippen LogP contribution in [0.25, 0.3) is 22.5 Å². The Hall–Kier alpha value is -3.48. The zero-order valence-electron chi connectivity index (χ0n) is 13.3. The number of carbonyl (C=O) groups excluding carboxylic acids is 1. The molecule has 0 atom stereocenters. The van der Waals surface area contributed by atoms with E-state index in [0.717, 1.165) is 22.3 Å². The second kappa shape index (κ2) is 6.56. The van der Waals surface area contributed by atoms with Crippen LogP contribution < -0.4 is 5.32 Å². The maximum absolute atomic E-state index is 12.3. The zero-order chi connectivity index (χ0) is 17.1. The van der Waals surface area contributed by atoms with Gasteiger partial charge in [0.2, 0.25) is 5.91 Å². The highest BCUT2D eigenvalue weighted by Crippen LogP contribution is 2.21. The summed E-state index contributed by atoms with van der Waals surface area (Å²) in [5.41, 5.74) is 3.20. The predicted octanol–water partition coefficient (Wildman–Crippen LogP) is 2.40. The highest BCUT2D eigenvalue weighted by molar-refractivity contribution is 5.79. The number of rotatable bonds is 5. The Morgan fingerprint density at radius 2 is 2.04 bits per heavy atom. The topological polar surface area (TPSA) is 85.8 Å². The van der Waals surface area contributed by atoms with Crippen LogP contribution in [0.5, 0.6) is 0 Å². The smallest absolute Gasteiger partial charge is 0.242 e. The number of amides is 1. The molecule has 0 unspecified atom stereocenters. The molecule has 124 valence electrons. The van der Waals surface area contributed by atoms with Crippen molar-refractivity contribution in [3.8, 4) is 11.5 Å². The van der Waals surface area contributed by atoms with Gasteiger partial charge >= 0.3 is 0 Å². The van der Waals surface area contributed by atoms with E-state index >= 15 is 0 Å². The Bertz CT molecular complexity index is 1010. The largest absolute Gasteiger partial charge is 0.463 e. The molecular weight excluding hydrogens is 318 g/mol. The van der Waals surface area contributed by atoms with Crippen LogP contribution in [0.15, 0.2) is 65.4 Å². The van der Waals surface area contributed by atoms with E-state index in [4.69, 9.17) is 4.42 Å². The summed E-state index contributed by atoms with van der Waals surface area (Å²) in [6, 6.07) is 14.9. The van der Waals surface area contributed by atoms with E-state index in [9.17, 15) is 4.79 Å². The molecule has 0 radical (unpaired) electrons. The van der Waals surface area contributed by atoms with Crippen molar-refractivity contribution in [1.29, 1.82) is 0 Å². The number of hydrogen-bond acceptors (Lipinski definition) is 5. The minimum Gasteiger partial charge on any atom is -0.463 e. The van der Waals surface area contributed by atoms with Gasteiger partial charge in [-0.1, -0.05) is 23.4 Å². The van der Waals surface area contributed by atoms with E-state index in [-0.39, 0.29) is 12.5 Å². The van der Waals surface area contributed by atoms with Gasteiger partial charge in [0, 0.05) is 18.3 Å². The molecule has 0 saturated heterocycles. The summed E-state index contributed by atoms with van der Waals surface area (Å²) in [5.74, 6) is 0.525. The monoisotopic (exact) mass is 333 g/mol. The molecule has 7 heteroatoms. The standard InChI is InChI=1S/C18H15N5O2/c24-17(12-23-15-7-2-1-6-14(15)21-22-23)20-11-13-5-3-9-19-18(13)16-8-4-10-25-16/h1-10H,11-12H2,(H,20,24). The maximum Gasteiger partial charge on any atom is 0.242 e. The third-order valence-electron chi connectivity index (χ3n) is 3.84. The summed E-state index contributed by atoms with van der Waals surface area (Å²) in [6.07, 6.45) is 3.30. The number of benzene rings is 1. The van der Waals surface area contributed by atoms with E-state index in [2.05, 4.69) is 20.6 Å². The number of fused-ring (bicyclic) bond motifs is 1. The average molecular weight is 333 g/mol. The predicted molar refractivity (Wildman–Crippen MR) is 91.3 cm³/mol. The summed E-state index contributed by atoms with van der Waals surface area (Å²) >= 11 is 0. The Morgan fingerprint density at radius 1 is 1.12 bits per heavy atom. The number of nitrogens with zero attached hydrogens (tertiary/aromatic N) is 4. The van der Waals surface area contributed by atoms with Crippen LogP contribution in [0.4, 0.5) is 0 Å². The molecule has 7 nitrogen and oxygen atoms in total. The molecule has 1 aromatic carbocycles. The summed E-state index contributed by atoms with van der Waals surface area (Å²) in [6.45, 7) is 0.464. The fourth-order valence-electron chi connectivity index (χ4n) is 2.64. The third-order valence-corrected chi connectivity index (χ3v) is 3.84. The summed E-state index contributed by atoms with van der Waals surface area (Å²) in [4.78, 5) is 16.6. The molecule has 0 aliphatic carbocycles. The van der Waals surface area contributed by atoms with Crippen LogP contribution >= 0.6 is 0 Å². The molecular formula is C18H15N5O2. The van der Waals surface area contributed by atoms with Gasteiger partial charge in [-0.05, 0) is 30.3 Å². The van der Waals surface area contributed by atoms with Crippen LogP contribution in [-0.2, 0) is 17.9 Å². The first kappa shape index (κ1) is 15.1. The molecule has 4 aromatic rings. The lowest BCUT2D eigenvalue weighted by molar-refractivity contribution is -0.121. The Balaban J connectivity index is 1.46. The van der Waals surface area contributed by atoms with Gasteiger partial charge in [-0.15, -0.1) is 5.10 Å². The molecule has 0 spiro atoms. The number of nitrogens with one attached hydrogen (secondary N) is 1. The van der Waals surface area contributed by atoms with E-state index in [1.54, 1.807) is 17.1 Å². The van der Waals surface area contributed by atoms with Gasteiger partial charge in [-0.2, -0.15) is 0 Å². The molecule has 3 aromatic heterocycles. The minimum absolute atomic E-state index is 0.108. The molecule has 25 heavy (non-hydrogen) atoms. The molecule has 4 rings (SSSR count). The lowest BCUT2D eigenvalue weighted by atomic mass is 10.1. The Kier molecular flexibility index (Phi) is 3.96. The first-order chi connectivity index (χ1) is 12.3. The van der Waals surface area contributed by atoms with Gasteiger partial charge in [0.25, 0.3) is 0 Å². The van der Waals surface area contributed by atoms with Crippen LogP contribution in [-0.4, -0.2) is 25.9 Å². The Morgan fingerprint density at radius 3 is 2.92 bits per heavy atom. The molecule has 3 heterocycles. The van der Waals surface area contributed by atoms with Gasteiger partial charge < -0.3 is 9.73 Å². The summed E-state index contributed by atoms with van der Waals surface area (Å²) in [5, 5.41) is 11.0. The van der Waals surface area contributed by atoms with Crippen molar-refractivity contribution >= 4 is 16.9 Å². The minimum atomic E-state index is -0.148. The molecule has 0 aliphatic heterocycles. The third kappa shape index (κ3) is 3.12. The molecule has 0 fully saturated rings. The lowest BCUT2D eigenvalue weighted by Crippen LogP contribution is -2.27. The fourth-order valence-corrected chi connectivity index (χ4v) is 2.64. The van der Waals surface area contributed by atoms with Crippen LogP contribution in [0.2, 0.25) is 0 Å². The number of pyridine rings is 1. The second-order valence-electron chi connectivity index (χ2n) is 5.50. The number of para-hydroxylation sites is 1. The number of carbonyl (C=O) groups is 1. The highest BCUT2D eigenvalue weighted by Gasteiger charge is 2.11. The fraction of sp³-hybridized carbons (Fsp3) is 0.111. The average Bonchev–Trinajstić information content (AvgIpc) is 3.31. The molecule has 0 aliphatic rings. The van der Waals surface area contributed by atoms with Gasteiger partial charge in [0.05, 0.1) is 11.8 Å². The molecule has 0 bridgehead atoms. The molecule has 1 N–H and O–H groups in total. The number of hydrogen-bond donors (Lipinski definition) is 1. The highest BCUT2D eigenvalue weighted by atomic mass is 16.3. The normalized spacial score (nSPS) is 10.9. The van der Waals surface area contributed by atoms with Crippen molar-refractivity contribution in [3.63, 3.8) is 0 Å². The van der Waals surface area contributed by atoms with Crippen LogP contribution in [0, 0.1) is 0 Å². The molecule has 1 amide bonds. The SMILES string of the molecule is O=C(Cn1nnc2ccccc21)NCc1cccnc1-c1ccco1. The van der Waals surface area contributed by atoms with Crippen molar-refractivity contribution in [2.45, 2.75) is 13.1 Å². The lowest BCUT2D eigenvalue weighted by Gasteiger charge is -2.08. The van der Waals surface area contributed by atoms with E-state index in [1.807, 2.05) is 48.5 Å². The van der Waals surface area contributed by atoms with E-state index < -0.39 is 0 Å². The van der Waals surface area contributed by atoms with Crippen molar-refractivity contribution in [3.05, 3.63) is 66.6 Å². The first-order valence-corrected chi connectivity index (χ1v) is 7.84. The van der Waals surface area contributed by atoms with E-state index in [0.29, 0.717) is 12.3 Å². The summed E-state index contributed by atoms with van der Waals surface area (Å²) < 4.78 is 6.99. The van der Waals surface area contributed by atoms with Gasteiger partial charge in [0.1, 0.15) is 17.8 Å². The number of aromatic nitrogens is 4. The van der Waals surface area contributed by atoms with Gasteiger partial charge in [-0.3, -0.25) is 9.78 Å². The zero-order valence-corrected chi connectivity index (χ0v) is 13.3. The van der Waals surface area contributed by atoms with Crippen molar-refractivity contribution in [1.82, 2.24) is 25.3 Å². The van der Waals surface area contributed by atoms with Crippen molar-refractivity contribution in [2.24, 2.45) is 0 Å². The van der Waals surface area contributed by atoms with Gasteiger partial charge in [0.15, 0.2) is 5.76 Å². The second-order valence-corrected chi connectivity index (χ2v) is 5.50. The van der Waals surface area contributed by atoms with Crippen LogP contribution in [0.3, 0.4) is 0 Å². The number of furan rings is 1.